The van der Waals surface area contributed by atoms with Gasteiger partial charge in [-0.2, -0.15) is 0 Å². The van der Waals surface area contributed by atoms with E-state index in [1.165, 1.54) is 9.47 Å². The van der Waals surface area contributed by atoms with E-state index in [1.54, 1.807) is 24.3 Å². The van der Waals surface area contributed by atoms with Crippen LogP contribution >= 0.6 is 11.6 Å². The molecule has 0 atom stereocenters. The third-order valence-electron chi connectivity index (χ3n) is 4.54. The lowest BCUT2D eigenvalue weighted by atomic mass is 10.1. The van der Waals surface area contributed by atoms with Gasteiger partial charge in [-0.3, -0.25) is 19.1 Å². The summed E-state index contributed by atoms with van der Waals surface area (Å²) in [6.07, 6.45) is 4.17. The number of amides is 1. The molecule has 0 bridgehead atoms. The summed E-state index contributed by atoms with van der Waals surface area (Å²) in [5.74, 6) is -0.341. The summed E-state index contributed by atoms with van der Waals surface area (Å²) in [7, 11) is 0. The highest BCUT2D eigenvalue weighted by Gasteiger charge is 2.24. The number of hydrogen-bond donors (Lipinski definition) is 2. The lowest BCUT2D eigenvalue weighted by Gasteiger charge is -2.24. The van der Waals surface area contributed by atoms with E-state index < -0.39 is 11.2 Å². The molecule has 2 aromatic rings. The van der Waals surface area contributed by atoms with Gasteiger partial charge in [0.2, 0.25) is 0 Å². The van der Waals surface area contributed by atoms with Crippen LogP contribution in [0.4, 0.5) is 11.5 Å². The molecule has 0 fully saturated rings. The van der Waals surface area contributed by atoms with E-state index in [0.717, 1.165) is 25.7 Å². The average Bonchev–Trinajstić information content (AvgIpc) is 2.66. The minimum Gasteiger partial charge on any atom is -0.383 e. The first-order valence-electron chi connectivity index (χ1n) is 9.60. The van der Waals surface area contributed by atoms with E-state index in [0.29, 0.717) is 30.1 Å². The van der Waals surface area contributed by atoms with Crippen molar-refractivity contribution in [3.63, 3.8) is 0 Å². The van der Waals surface area contributed by atoms with Gasteiger partial charge in [-0.25, -0.2) is 4.79 Å². The van der Waals surface area contributed by atoms with Gasteiger partial charge in [0, 0.05) is 23.7 Å². The van der Waals surface area contributed by atoms with Gasteiger partial charge in [-0.05, 0) is 37.1 Å². The zero-order valence-corrected chi connectivity index (χ0v) is 17.1. The van der Waals surface area contributed by atoms with Crippen LogP contribution in [0.2, 0.25) is 5.02 Å². The number of halogens is 1. The van der Waals surface area contributed by atoms with Gasteiger partial charge >= 0.3 is 5.69 Å². The van der Waals surface area contributed by atoms with Crippen molar-refractivity contribution in [3.05, 3.63) is 55.7 Å². The fourth-order valence-corrected chi connectivity index (χ4v) is 3.09. The Balaban J connectivity index is 2.53. The first-order valence-corrected chi connectivity index (χ1v) is 9.98. The monoisotopic (exact) mass is 406 g/mol. The molecule has 152 valence electrons. The summed E-state index contributed by atoms with van der Waals surface area (Å²) >= 11 is 5.91. The van der Waals surface area contributed by atoms with Gasteiger partial charge < -0.3 is 10.6 Å². The van der Waals surface area contributed by atoms with Gasteiger partial charge in [0.05, 0.1) is 0 Å². The number of benzene rings is 1. The van der Waals surface area contributed by atoms with E-state index in [4.69, 9.17) is 17.3 Å². The Morgan fingerprint density at radius 1 is 1.11 bits per heavy atom. The molecular formula is C20H27ClN4O3. The highest BCUT2D eigenvalue weighted by molar-refractivity contribution is 6.30. The molecule has 0 aliphatic rings. The number of anilines is 2. The number of aromatic nitrogens is 2. The minimum atomic E-state index is -0.658. The summed E-state index contributed by atoms with van der Waals surface area (Å²) in [5, 5.41) is 0.513. The summed E-state index contributed by atoms with van der Waals surface area (Å²) in [6.45, 7) is 4.75. The van der Waals surface area contributed by atoms with Crippen LogP contribution in [0.1, 0.15) is 56.3 Å². The number of nitrogen functional groups attached to an aromatic ring is 1. The number of H-pyrrole nitrogens is 1. The van der Waals surface area contributed by atoms with Crippen LogP contribution in [0.25, 0.3) is 0 Å². The second-order valence-corrected chi connectivity index (χ2v) is 7.11. The van der Waals surface area contributed by atoms with Gasteiger partial charge in [0.1, 0.15) is 5.82 Å². The normalized spacial score (nSPS) is 10.8. The number of hydrogen-bond acceptors (Lipinski definition) is 4. The van der Waals surface area contributed by atoms with Crippen LogP contribution in [0, 0.1) is 0 Å². The molecule has 1 aromatic carbocycles. The Hall–Kier alpha value is -2.54. The van der Waals surface area contributed by atoms with Gasteiger partial charge in [0.25, 0.3) is 11.5 Å². The summed E-state index contributed by atoms with van der Waals surface area (Å²) in [5.41, 5.74) is 5.39. The molecule has 3 N–H and O–H groups in total. The maximum Gasteiger partial charge on any atom is 0.330 e. The second-order valence-electron chi connectivity index (χ2n) is 6.67. The van der Waals surface area contributed by atoms with E-state index >= 15 is 0 Å². The largest absolute Gasteiger partial charge is 0.383 e. The molecule has 1 heterocycles. The Morgan fingerprint density at radius 3 is 2.36 bits per heavy atom. The quantitative estimate of drug-likeness (QED) is 0.623. The number of rotatable bonds is 9. The van der Waals surface area contributed by atoms with Crippen molar-refractivity contribution in [3.8, 4) is 0 Å². The molecule has 0 aliphatic heterocycles. The summed E-state index contributed by atoms with van der Waals surface area (Å²) in [4.78, 5) is 41.6. The first-order chi connectivity index (χ1) is 13.4. The lowest BCUT2D eigenvalue weighted by molar-refractivity contribution is 0.0986. The van der Waals surface area contributed by atoms with Crippen molar-refractivity contribution < 1.29 is 4.79 Å². The fourth-order valence-electron chi connectivity index (χ4n) is 2.96. The molecule has 0 saturated carbocycles. The van der Waals surface area contributed by atoms with Crippen LogP contribution < -0.4 is 21.9 Å². The molecule has 1 amide bonds. The predicted molar refractivity (Wildman–Crippen MR) is 113 cm³/mol. The smallest absolute Gasteiger partial charge is 0.330 e. The van der Waals surface area contributed by atoms with Crippen LogP contribution in [0.3, 0.4) is 0 Å². The third kappa shape index (κ3) is 5.04. The highest BCUT2D eigenvalue weighted by atomic mass is 35.5. The van der Waals surface area contributed by atoms with Crippen molar-refractivity contribution in [1.82, 2.24) is 9.55 Å². The number of nitrogens with two attached hydrogens (primary N) is 1. The predicted octanol–water partition coefficient (Wildman–Crippen LogP) is 3.41. The lowest BCUT2D eigenvalue weighted by Crippen LogP contribution is -2.41. The van der Waals surface area contributed by atoms with Crippen molar-refractivity contribution in [2.75, 3.05) is 17.2 Å². The third-order valence-corrected chi connectivity index (χ3v) is 4.79. The molecule has 0 aliphatic carbocycles. The van der Waals surface area contributed by atoms with Crippen molar-refractivity contribution in [2.24, 2.45) is 0 Å². The van der Waals surface area contributed by atoms with E-state index in [9.17, 15) is 14.4 Å². The van der Waals surface area contributed by atoms with Gasteiger partial charge in [-0.15, -0.1) is 0 Å². The molecule has 28 heavy (non-hydrogen) atoms. The topological polar surface area (TPSA) is 101 Å². The number of nitrogens with one attached hydrogen (secondary N) is 1. The molecule has 0 spiro atoms. The number of aromatic amines is 1. The van der Waals surface area contributed by atoms with Crippen molar-refractivity contribution in [2.45, 2.75) is 52.5 Å². The Morgan fingerprint density at radius 2 is 1.75 bits per heavy atom. The van der Waals surface area contributed by atoms with Crippen LogP contribution in [-0.4, -0.2) is 22.0 Å². The number of carbonyl (C=O) groups is 1. The molecule has 8 heteroatoms. The Labute approximate surface area is 169 Å². The molecule has 0 radical (unpaired) electrons. The molecule has 0 saturated heterocycles. The molecule has 0 unspecified atom stereocenters. The second kappa shape index (κ2) is 10.1. The molecule has 7 nitrogen and oxygen atoms in total. The zero-order chi connectivity index (χ0) is 20.7. The van der Waals surface area contributed by atoms with Gasteiger partial charge in [-0.1, -0.05) is 44.7 Å². The highest BCUT2D eigenvalue weighted by Crippen LogP contribution is 2.21. The fraction of sp³-hybridized carbons (Fsp3) is 0.450. The van der Waals surface area contributed by atoms with Crippen molar-refractivity contribution >= 4 is 29.0 Å². The summed E-state index contributed by atoms with van der Waals surface area (Å²) in [6, 6.07) is 6.45. The Bertz CT molecular complexity index is 919. The molecule has 2 rings (SSSR count). The van der Waals surface area contributed by atoms with Gasteiger partial charge in [0.15, 0.2) is 5.69 Å². The number of carbonyl (C=O) groups excluding carboxylic acids is 1. The average molecular weight is 407 g/mol. The maximum absolute atomic E-state index is 13.2. The number of nitrogens with zero attached hydrogens (tertiary/aromatic N) is 2. The maximum atomic E-state index is 13.2. The number of unbranched alkanes of at least 4 members (excludes halogenated alkanes) is 3. The Kier molecular flexibility index (Phi) is 7.87. The van der Waals surface area contributed by atoms with E-state index in [1.807, 2.05) is 6.92 Å². The SMILES string of the molecule is CCCCCN(C(=O)c1ccc(Cl)cc1)c1c(N)n(CCCC)c(=O)[nH]c1=O. The molecular weight excluding hydrogens is 380 g/mol. The van der Waals surface area contributed by atoms with Crippen LogP contribution in [0.15, 0.2) is 33.9 Å². The minimum absolute atomic E-state index is 0.0148. The van der Waals surface area contributed by atoms with Crippen LogP contribution in [0.5, 0.6) is 0 Å². The molecule has 1 aromatic heterocycles. The van der Waals surface area contributed by atoms with Crippen molar-refractivity contribution in [1.29, 1.82) is 0 Å². The van der Waals surface area contributed by atoms with E-state index in [-0.39, 0.29) is 17.4 Å². The summed E-state index contributed by atoms with van der Waals surface area (Å²) < 4.78 is 1.32. The van der Waals surface area contributed by atoms with E-state index in [2.05, 4.69) is 11.9 Å². The first kappa shape index (κ1) is 21.8. The standard InChI is InChI=1S/C20H27ClN4O3/c1-3-5-7-13-24(19(27)14-8-10-15(21)11-9-14)16-17(22)25(12-6-4-2)20(28)23-18(16)26/h8-11H,3-7,12-13,22H2,1-2H3,(H,23,26,28). The van der Waals surface area contributed by atoms with Crippen LogP contribution in [-0.2, 0) is 6.54 Å². The zero-order valence-electron chi connectivity index (χ0n) is 16.3.